The molecule has 21 heavy (non-hydrogen) atoms. The second-order valence-corrected chi connectivity index (χ2v) is 7.42. The van der Waals surface area contributed by atoms with Crippen molar-refractivity contribution in [1.29, 1.82) is 0 Å². The van der Waals surface area contributed by atoms with E-state index in [1.54, 1.807) is 0 Å². The summed E-state index contributed by atoms with van der Waals surface area (Å²) in [7, 11) is -3.77. The molecule has 0 bridgehead atoms. The van der Waals surface area contributed by atoms with Gasteiger partial charge in [-0.25, -0.2) is 13.1 Å². The summed E-state index contributed by atoms with van der Waals surface area (Å²) in [5.74, 6) is 0. The standard InChI is InChI=1S/C13H17Cl2NO4S/c14-11-6-12(15)13(5-9(11)8-17)21(18,19)16-7-10-3-1-2-4-20-10/h5-6,10,16-17H,1-4,7-8H2. The van der Waals surface area contributed by atoms with Crippen LogP contribution in [0.5, 0.6) is 0 Å². The van der Waals surface area contributed by atoms with Gasteiger partial charge in [-0.1, -0.05) is 23.2 Å². The van der Waals surface area contributed by atoms with Crippen molar-refractivity contribution < 1.29 is 18.3 Å². The molecule has 0 saturated carbocycles. The van der Waals surface area contributed by atoms with Gasteiger partial charge in [-0.15, -0.1) is 0 Å². The Bertz CT molecular complexity index is 600. The molecule has 1 saturated heterocycles. The van der Waals surface area contributed by atoms with Crippen LogP contribution in [0.4, 0.5) is 0 Å². The van der Waals surface area contributed by atoms with Crippen molar-refractivity contribution in [2.24, 2.45) is 0 Å². The summed E-state index contributed by atoms with van der Waals surface area (Å²) in [6.45, 7) is 0.503. The Morgan fingerprint density at radius 1 is 1.29 bits per heavy atom. The van der Waals surface area contributed by atoms with Crippen LogP contribution in [-0.2, 0) is 21.4 Å². The number of hydrogen-bond donors (Lipinski definition) is 2. The largest absolute Gasteiger partial charge is 0.392 e. The average Bonchev–Trinajstić information content (AvgIpc) is 2.46. The second-order valence-electron chi connectivity index (χ2n) is 4.87. The molecule has 0 radical (unpaired) electrons. The Labute approximate surface area is 134 Å². The predicted molar refractivity (Wildman–Crippen MR) is 81.2 cm³/mol. The highest BCUT2D eigenvalue weighted by Crippen LogP contribution is 2.28. The minimum Gasteiger partial charge on any atom is -0.392 e. The van der Waals surface area contributed by atoms with Crippen LogP contribution in [0.1, 0.15) is 24.8 Å². The van der Waals surface area contributed by atoms with Gasteiger partial charge in [0, 0.05) is 18.2 Å². The summed E-state index contributed by atoms with van der Waals surface area (Å²) < 4.78 is 32.6. The first-order chi connectivity index (χ1) is 9.94. The van der Waals surface area contributed by atoms with Gasteiger partial charge in [0.1, 0.15) is 4.90 Å². The minimum atomic E-state index is -3.77. The van der Waals surface area contributed by atoms with Crippen molar-refractivity contribution >= 4 is 33.2 Å². The predicted octanol–water partition coefficient (Wildman–Crippen LogP) is 2.33. The van der Waals surface area contributed by atoms with Crippen LogP contribution in [-0.4, -0.2) is 32.8 Å². The topological polar surface area (TPSA) is 75.6 Å². The summed E-state index contributed by atoms with van der Waals surface area (Å²) >= 11 is 11.8. The fraction of sp³-hybridized carbons (Fsp3) is 0.538. The molecule has 5 nitrogen and oxygen atoms in total. The van der Waals surface area contributed by atoms with E-state index in [9.17, 15) is 13.5 Å². The second kappa shape index (κ2) is 7.26. The Hall–Kier alpha value is -0.370. The van der Waals surface area contributed by atoms with Crippen molar-refractivity contribution in [2.75, 3.05) is 13.2 Å². The summed E-state index contributed by atoms with van der Waals surface area (Å²) in [6, 6.07) is 2.61. The SMILES string of the molecule is O=S(=O)(NCC1CCCCO1)c1cc(CO)c(Cl)cc1Cl. The van der Waals surface area contributed by atoms with Gasteiger partial charge in [0.05, 0.1) is 17.7 Å². The van der Waals surface area contributed by atoms with Gasteiger partial charge in [0.15, 0.2) is 0 Å². The Balaban J connectivity index is 2.15. The molecule has 2 rings (SSSR count). The van der Waals surface area contributed by atoms with Crippen molar-refractivity contribution in [3.05, 3.63) is 27.7 Å². The normalized spacial score (nSPS) is 19.7. The van der Waals surface area contributed by atoms with Gasteiger partial charge in [-0.2, -0.15) is 0 Å². The summed E-state index contributed by atoms with van der Waals surface area (Å²) in [5, 5.41) is 9.43. The number of halogens is 2. The fourth-order valence-corrected chi connectivity index (χ4v) is 4.07. The summed E-state index contributed by atoms with van der Waals surface area (Å²) in [6.07, 6.45) is 2.75. The van der Waals surface area contributed by atoms with Gasteiger partial charge >= 0.3 is 0 Å². The van der Waals surface area contributed by atoms with Crippen molar-refractivity contribution in [2.45, 2.75) is 36.9 Å². The van der Waals surface area contributed by atoms with E-state index in [4.69, 9.17) is 27.9 Å². The molecular formula is C13H17Cl2NO4S. The number of sulfonamides is 1. The van der Waals surface area contributed by atoms with Crippen molar-refractivity contribution in [3.63, 3.8) is 0 Å². The maximum Gasteiger partial charge on any atom is 0.242 e. The number of ether oxygens (including phenoxy) is 1. The van der Waals surface area contributed by atoms with Crippen LogP contribution in [0, 0.1) is 0 Å². The molecule has 1 aliphatic heterocycles. The van der Waals surface area contributed by atoms with Gasteiger partial charge in [-0.3, -0.25) is 0 Å². The highest BCUT2D eigenvalue weighted by molar-refractivity contribution is 7.89. The molecule has 118 valence electrons. The smallest absolute Gasteiger partial charge is 0.242 e. The summed E-state index contributed by atoms with van der Waals surface area (Å²) in [4.78, 5) is -0.0894. The Kier molecular flexibility index (Phi) is 5.88. The molecule has 2 N–H and O–H groups in total. The molecule has 0 aliphatic carbocycles. The zero-order chi connectivity index (χ0) is 15.5. The molecule has 1 aliphatic rings. The minimum absolute atomic E-state index is 0.0225. The Morgan fingerprint density at radius 3 is 2.67 bits per heavy atom. The third-order valence-electron chi connectivity index (χ3n) is 3.34. The average molecular weight is 354 g/mol. The molecule has 1 heterocycles. The molecule has 1 aromatic carbocycles. The maximum absolute atomic E-state index is 12.3. The van der Waals surface area contributed by atoms with Gasteiger partial charge in [0.25, 0.3) is 0 Å². The molecule has 1 aromatic rings. The van der Waals surface area contributed by atoms with Gasteiger partial charge < -0.3 is 9.84 Å². The molecule has 1 unspecified atom stereocenters. The first-order valence-electron chi connectivity index (χ1n) is 6.64. The zero-order valence-electron chi connectivity index (χ0n) is 11.3. The van der Waals surface area contributed by atoms with Gasteiger partial charge in [-0.05, 0) is 37.0 Å². The van der Waals surface area contributed by atoms with E-state index < -0.39 is 10.0 Å². The first kappa shape index (κ1) is 17.0. The fourth-order valence-electron chi connectivity index (χ4n) is 2.15. The van der Waals surface area contributed by atoms with Crippen molar-refractivity contribution in [1.82, 2.24) is 4.72 Å². The number of rotatable bonds is 5. The van der Waals surface area contributed by atoms with E-state index in [2.05, 4.69) is 4.72 Å². The zero-order valence-corrected chi connectivity index (χ0v) is 13.6. The lowest BCUT2D eigenvalue weighted by Gasteiger charge is -2.22. The molecule has 0 aromatic heterocycles. The van der Waals surface area contributed by atoms with Crippen LogP contribution in [0.15, 0.2) is 17.0 Å². The summed E-state index contributed by atoms with van der Waals surface area (Å²) in [5.41, 5.74) is 0.315. The molecule has 0 spiro atoms. The van der Waals surface area contributed by atoms with E-state index in [0.29, 0.717) is 12.2 Å². The number of benzene rings is 1. The quantitative estimate of drug-likeness (QED) is 0.851. The van der Waals surface area contributed by atoms with E-state index in [1.165, 1.54) is 12.1 Å². The van der Waals surface area contributed by atoms with Crippen molar-refractivity contribution in [3.8, 4) is 0 Å². The lowest BCUT2D eigenvalue weighted by Crippen LogP contribution is -2.35. The lowest BCUT2D eigenvalue weighted by atomic mass is 10.1. The van der Waals surface area contributed by atoms with Crippen LogP contribution >= 0.6 is 23.2 Å². The molecular weight excluding hydrogens is 337 g/mol. The van der Waals surface area contributed by atoms with Crippen LogP contribution in [0.2, 0.25) is 10.0 Å². The third kappa shape index (κ3) is 4.31. The van der Waals surface area contributed by atoms with E-state index in [1.807, 2.05) is 0 Å². The molecule has 0 amide bonds. The van der Waals surface area contributed by atoms with E-state index >= 15 is 0 Å². The maximum atomic E-state index is 12.3. The highest BCUT2D eigenvalue weighted by atomic mass is 35.5. The molecule has 1 fully saturated rings. The first-order valence-corrected chi connectivity index (χ1v) is 8.88. The van der Waals surface area contributed by atoms with Crippen LogP contribution in [0.3, 0.4) is 0 Å². The number of aliphatic hydroxyl groups excluding tert-OH is 1. The Morgan fingerprint density at radius 2 is 2.05 bits per heavy atom. The highest BCUT2D eigenvalue weighted by Gasteiger charge is 2.22. The number of hydrogen-bond acceptors (Lipinski definition) is 4. The monoisotopic (exact) mass is 353 g/mol. The molecule has 1 atom stereocenters. The number of aliphatic hydroxyl groups is 1. The third-order valence-corrected chi connectivity index (χ3v) is 5.58. The van der Waals surface area contributed by atoms with E-state index in [-0.39, 0.29) is 34.2 Å². The van der Waals surface area contributed by atoms with Crippen LogP contribution < -0.4 is 4.72 Å². The molecule has 8 heteroatoms. The number of nitrogens with one attached hydrogen (secondary N) is 1. The van der Waals surface area contributed by atoms with E-state index in [0.717, 1.165) is 19.3 Å². The van der Waals surface area contributed by atoms with Crippen LogP contribution in [0.25, 0.3) is 0 Å². The lowest BCUT2D eigenvalue weighted by molar-refractivity contribution is 0.0200. The van der Waals surface area contributed by atoms with Gasteiger partial charge in [0.2, 0.25) is 10.0 Å².